The number of carbonyl (C=O) groups excluding carboxylic acids is 2. The summed E-state index contributed by atoms with van der Waals surface area (Å²) in [5.74, 6) is -1.50. The van der Waals surface area contributed by atoms with Crippen molar-refractivity contribution in [3.8, 4) is 17.3 Å². The van der Waals surface area contributed by atoms with Gasteiger partial charge in [0.25, 0.3) is 5.91 Å². The Kier molecular flexibility index (Phi) is 8.60. The van der Waals surface area contributed by atoms with Crippen LogP contribution in [-0.4, -0.2) is 38.1 Å². The third-order valence-corrected chi connectivity index (χ3v) is 5.95. The molecule has 0 spiro atoms. The summed E-state index contributed by atoms with van der Waals surface area (Å²) >= 11 is 0. The first-order valence-corrected chi connectivity index (χ1v) is 13.0. The Bertz CT molecular complexity index is 1680. The van der Waals surface area contributed by atoms with Gasteiger partial charge >= 0.3 is 12.1 Å². The molecule has 1 heterocycles. The zero-order chi connectivity index (χ0) is 31.5. The molecule has 0 saturated heterocycles. The molecule has 0 aliphatic rings. The summed E-state index contributed by atoms with van der Waals surface area (Å²) in [5, 5.41) is 24.1. The molecule has 0 radical (unpaired) electrons. The second-order valence-corrected chi connectivity index (χ2v) is 10.6. The molecule has 12 heteroatoms. The minimum atomic E-state index is -4.75. The number of halogens is 3. The van der Waals surface area contributed by atoms with Crippen molar-refractivity contribution < 1.29 is 38.8 Å². The first kappa shape index (κ1) is 30.8. The summed E-state index contributed by atoms with van der Waals surface area (Å²) in [6.45, 7) is 6.62. The van der Waals surface area contributed by atoms with E-state index in [1.807, 2.05) is 0 Å². The van der Waals surface area contributed by atoms with Crippen LogP contribution in [0.5, 0.6) is 11.6 Å². The van der Waals surface area contributed by atoms with E-state index in [2.05, 4.69) is 10.4 Å². The van der Waals surface area contributed by atoms with Gasteiger partial charge in [-0.05, 0) is 75.7 Å². The van der Waals surface area contributed by atoms with E-state index in [-0.39, 0.29) is 42.3 Å². The van der Waals surface area contributed by atoms with E-state index >= 15 is 0 Å². The van der Waals surface area contributed by atoms with Gasteiger partial charge in [0.1, 0.15) is 18.0 Å². The summed E-state index contributed by atoms with van der Waals surface area (Å²) in [5.41, 5.74) is 0.00624. The Morgan fingerprint density at radius 3 is 2.30 bits per heavy atom. The molecule has 226 valence electrons. The molecule has 0 aliphatic heterocycles. The molecule has 3 aromatic carbocycles. The highest BCUT2D eigenvalue weighted by Crippen LogP contribution is 2.33. The lowest BCUT2D eigenvalue weighted by atomic mass is 10.1. The van der Waals surface area contributed by atoms with Crippen LogP contribution in [0.4, 0.5) is 18.9 Å². The van der Waals surface area contributed by atoms with Crippen molar-refractivity contribution in [2.75, 3.05) is 5.32 Å². The van der Waals surface area contributed by atoms with Crippen molar-refractivity contribution in [1.29, 1.82) is 5.41 Å². The summed E-state index contributed by atoms with van der Waals surface area (Å²) in [6.07, 6.45) is -4.75. The predicted octanol–water partition coefficient (Wildman–Crippen LogP) is 7.02. The molecule has 0 fully saturated rings. The molecule has 4 aromatic rings. The first-order valence-electron chi connectivity index (χ1n) is 13.0. The molecule has 0 unspecified atom stereocenters. The highest BCUT2D eigenvalue weighted by molar-refractivity contribution is 6.05. The first-order chi connectivity index (χ1) is 20.1. The van der Waals surface area contributed by atoms with Gasteiger partial charge in [0.15, 0.2) is 5.69 Å². The number of hydrogen-bond donors (Lipinski definition) is 3. The Morgan fingerprint density at radius 1 is 1.00 bits per heavy atom. The average molecular weight is 597 g/mol. The fourth-order valence-corrected chi connectivity index (χ4v) is 3.93. The van der Waals surface area contributed by atoms with Crippen LogP contribution in [0.1, 0.15) is 66.7 Å². The summed E-state index contributed by atoms with van der Waals surface area (Å²) in [7, 11) is 0. The molecule has 9 nitrogen and oxygen atoms in total. The molecule has 0 atom stereocenters. The number of hydrogen-bond acceptors (Lipinski definition) is 7. The molecule has 0 bridgehead atoms. The van der Waals surface area contributed by atoms with Gasteiger partial charge in [0, 0.05) is 36.1 Å². The number of phenolic OH excluding ortho intramolecular Hbond substituents is 1. The normalized spacial score (nSPS) is 11.6. The molecule has 43 heavy (non-hydrogen) atoms. The third kappa shape index (κ3) is 7.79. The Labute approximate surface area is 246 Å². The number of alkyl halides is 3. The Balaban J connectivity index is 0.00000529. The average Bonchev–Trinajstić information content (AvgIpc) is 3.36. The Morgan fingerprint density at radius 2 is 1.70 bits per heavy atom. The van der Waals surface area contributed by atoms with Gasteiger partial charge in [-0.1, -0.05) is 18.2 Å². The van der Waals surface area contributed by atoms with Crippen LogP contribution < -0.4 is 10.1 Å². The molecule has 1 aromatic heterocycles. The minimum Gasteiger partial charge on any atom is -0.507 e. The monoisotopic (exact) mass is 596 g/mol. The zero-order valence-electron chi connectivity index (χ0n) is 23.7. The molecule has 4 rings (SSSR count). The number of ether oxygens (including phenoxy) is 2. The van der Waals surface area contributed by atoms with E-state index in [4.69, 9.17) is 14.9 Å². The van der Waals surface area contributed by atoms with E-state index in [1.54, 1.807) is 32.9 Å². The maximum absolute atomic E-state index is 13.6. The van der Waals surface area contributed by atoms with Crippen molar-refractivity contribution in [2.45, 2.75) is 46.1 Å². The molecule has 1 amide bonds. The molecule has 0 saturated carbocycles. The Hall–Kier alpha value is -5.13. The van der Waals surface area contributed by atoms with E-state index < -0.39 is 29.3 Å². The number of phenols is 1. The van der Waals surface area contributed by atoms with Crippen LogP contribution in [0.15, 0.2) is 72.8 Å². The number of carbonyl (C=O) groups is 2. The second kappa shape index (κ2) is 12.0. The number of aromatic hydroxyl groups is 1. The maximum Gasteiger partial charge on any atom is 0.435 e. The van der Waals surface area contributed by atoms with Crippen molar-refractivity contribution >= 4 is 23.3 Å². The molecular formula is C31H31F3N4O5. The van der Waals surface area contributed by atoms with Gasteiger partial charge < -0.3 is 25.3 Å². The van der Waals surface area contributed by atoms with Gasteiger partial charge in [-0.15, -0.1) is 0 Å². The highest BCUT2D eigenvalue weighted by atomic mass is 19.4. The predicted molar refractivity (Wildman–Crippen MR) is 155 cm³/mol. The fraction of sp³-hybridized carbons (Fsp3) is 0.226. The minimum absolute atomic E-state index is 0. The summed E-state index contributed by atoms with van der Waals surface area (Å²) in [6, 6.07) is 17.1. The van der Waals surface area contributed by atoms with Crippen LogP contribution in [-0.2, 0) is 17.5 Å². The number of rotatable bonds is 8. The van der Waals surface area contributed by atoms with E-state index in [1.165, 1.54) is 61.5 Å². The van der Waals surface area contributed by atoms with Crippen molar-refractivity contribution in [3.05, 3.63) is 101 Å². The van der Waals surface area contributed by atoms with Crippen LogP contribution in [0.2, 0.25) is 0 Å². The van der Waals surface area contributed by atoms with Crippen LogP contribution in [0.3, 0.4) is 0 Å². The lowest BCUT2D eigenvalue weighted by molar-refractivity contribution is -0.141. The lowest BCUT2D eigenvalue weighted by Crippen LogP contribution is -2.23. The largest absolute Gasteiger partial charge is 0.507 e. The van der Waals surface area contributed by atoms with Gasteiger partial charge in [-0.3, -0.25) is 4.79 Å². The van der Waals surface area contributed by atoms with Crippen molar-refractivity contribution in [2.24, 2.45) is 0 Å². The smallest absolute Gasteiger partial charge is 0.435 e. The maximum atomic E-state index is 13.6. The summed E-state index contributed by atoms with van der Waals surface area (Å²) in [4.78, 5) is 25.2. The second-order valence-electron chi connectivity index (χ2n) is 10.6. The standard InChI is InChI=1S/C31H29F3N4O5.H2/c1-18(35)24-13-12-22(15-25(24)39)36-28(40)21-6-5-7-23(14-21)38-27(16-26(37-38)31(32,33)34)42-17-19-8-10-20(11-9-19)29(41)43-30(2,3)4;/h5-16,35,39H,17H2,1-4H3,(H,36,40);1H. The lowest BCUT2D eigenvalue weighted by Gasteiger charge is -2.19. The number of esters is 1. The zero-order valence-corrected chi connectivity index (χ0v) is 23.7. The van der Waals surface area contributed by atoms with Gasteiger partial charge in [0.2, 0.25) is 5.88 Å². The van der Waals surface area contributed by atoms with E-state index in [9.17, 15) is 27.9 Å². The highest BCUT2D eigenvalue weighted by Gasteiger charge is 2.35. The number of benzene rings is 3. The van der Waals surface area contributed by atoms with Crippen LogP contribution in [0.25, 0.3) is 5.69 Å². The molecule has 0 aliphatic carbocycles. The fourth-order valence-electron chi connectivity index (χ4n) is 3.93. The SMILES string of the molecule is CC(=N)c1ccc(NC(=O)c2cccc(-n3nc(C(F)(F)F)cc3OCc3ccc(C(=O)OC(C)(C)C)cc3)c2)cc1O.[HH]. The van der Waals surface area contributed by atoms with Crippen molar-refractivity contribution in [3.63, 3.8) is 0 Å². The quantitative estimate of drug-likeness (QED) is 0.148. The van der Waals surface area contributed by atoms with E-state index in [0.29, 0.717) is 16.7 Å². The van der Waals surface area contributed by atoms with Gasteiger partial charge in [0.05, 0.1) is 11.3 Å². The number of amides is 1. The number of nitrogens with one attached hydrogen (secondary N) is 2. The van der Waals surface area contributed by atoms with Gasteiger partial charge in [-0.25, -0.2) is 9.48 Å². The topological polar surface area (TPSA) is 127 Å². The van der Waals surface area contributed by atoms with Gasteiger partial charge in [-0.2, -0.15) is 18.3 Å². The van der Waals surface area contributed by atoms with E-state index in [0.717, 1.165) is 10.7 Å². The van der Waals surface area contributed by atoms with Crippen molar-refractivity contribution in [1.82, 2.24) is 9.78 Å². The number of nitrogens with zero attached hydrogens (tertiary/aromatic N) is 2. The summed E-state index contributed by atoms with van der Waals surface area (Å²) < 4.78 is 52.8. The van der Waals surface area contributed by atoms with Crippen LogP contribution in [0, 0.1) is 5.41 Å². The number of anilines is 1. The molecule has 3 N–H and O–H groups in total. The molecular weight excluding hydrogens is 565 g/mol. The number of aromatic nitrogens is 2. The van der Waals surface area contributed by atoms with Crippen LogP contribution >= 0.6 is 0 Å². The third-order valence-electron chi connectivity index (χ3n) is 5.95.